The Labute approximate surface area is 100.0 Å². The molecule has 1 aliphatic rings. The van der Waals surface area contributed by atoms with Crippen molar-refractivity contribution in [3.8, 4) is 5.75 Å². The molecule has 1 unspecified atom stereocenters. The molecule has 0 N–H and O–H groups in total. The maximum atomic E-state index is 11.6. The number of likely N-dealkylation sites (tertiary alicyclic amines) is 1. The molecule has 4 heteroatoms. The fourth-order valence-corrected chi connectivity index (χ4v) is 2.03. The van der Waals surface area contributed by atoms with Crippen LogP contribution in [0.3, 0.4) is 0 Å². The smallest absolute Gasteiger partial charge is 0.263 e. The summed E-state index contributed by atoms with van der Waals surface area (Å²) < 4.78 is 5.62. The predicted octanol–water partition coefficient (Wildman–Crippen LogP) is 2.26. The van der Waals surface area contributed by atoms with Crippen molar-refractivity contribution < 1.29 is 9.53 Å². The van der Waals surface area contributed by atoms with Crippen LogP contribution in [0.4, 0.5) is 0 Å². The van der Waals surface area contributed by atoms with E-state index in [0.717, 1.165) is 18.5 Å². The summed E-state index contributed by atoms with van der Waals surface area (Å²) in [6.07, 6.45) is 0.338. The zero-order chi connectivity index (χ0) is 11.7. The van der Waals surface area contributed by atoms with Gasteiger partial charge in [-0.15, -0.1) is 0 Å². The third kappa shape index (κ3) is 2.14. The molecule has 0 saturated carbocycles. The van der Waals surface area contributed by atoms with E-state index in [1.807, 2.05) is 25.1 Å². The van der Waals surface area contributed by atoms with Crippen LogP contribution in [0.2, 0.25) is 5.02 Å². The Morgan fingerprint density at radius 1 is 1.50 bits per heavy atom. The highest BCUT2D eigenvalue weighted by atomic mass is 35.5. The first kappa shape index (κ1) is 11.3. The van der Waals surface area contributed by atoms with Gasteiger partial charge in [-0.1, -0.05) is 17.7 Å². The third-order valence-electron chi connectivity index (χ3n) is 2.73. The van der Waals surface area contributed by atoms with Crippen LogP contribution in [0.5, 0.6) is 5.75 Å². The molecular weight excluding hydrogens is 226 g/mol. The molecule has 0 spiro atoms. The van der Waals surface area contributed by atoms with Gasteiger partial charge in [0.15, 0.2) is 6.10 Å². The minimum absolute atomic E-state index is 0.0247. The molecule has 0 aliphatic carbocycles. The molecule has 1 aliphatic heterocycles. The van der Waals surface area contributed by atoms with Crippen molar-refractivity contribution in [2.45, 2.75) is 19.4 Å². The molecule has 1 heterocycles. The monoisotopic (exact) mass is 239 g/mol. The maximum absolute atomic E-state index is 11.6. The highest BCUT2D eigenvalue weighted by Crippen LogP contribution is 2.28. The summed E-state index contributed by atoms with van der Waals surface area (Å²) >= 11 is 6.04. The molecule has 0 radical (unpaired) electrons. The van der Waals surface area contributed by atoms with Crippen LogP contribution in [0, 0.1) is 6.92 Å². The van der Waals surface area contributed by atoms with E-state index in [9.17, 15) is 4.79 Å². The number of hydrogen-bond donors (Lipinski definition) is 0. The van der Waals surface area contributed by atoms with Crippen LogP contribution < -0.4 is 4.74 Å². The summed E-state index contributed by atoms with van der Waals surface area (Å²) in [5, 5.41) is 0.558. The van der Waals surface area contributed by atoms with Crippen molar-refractivity contribution in [3.63, 3.8) is 0 Å². The second kappa shape index (κ2) is 4.34. The SMILES string of the molecule is Cc1ccc(OC2CCN(C)C2=O)c(Cl)c1. The molecule has 1 aromatic rings. The van der Waals surface area contributed by atoms with Gasteiger partial charge in [0, 0.05) is 20.0 Å². The van der Waals surface area contributed by atoms with Crippen molar-refractivity contribution in [2.75, 3.05) is 13.6 Å². The van der Waals surface area contributed by atoms with E-state index >= 15 is 0 Å². The Kier molecular flexibility index (Phi) is 3.06. The molecular formula is C12H14ClNO2. The lowest BCUT2D eigenvalue weighted by atomic mass is 10.2. The second-order valence-electron chi connectivity index (χ2n) is 4.09. The lowest BCUT2D eigenvalue weighted by Crippen LogP contribution is -2.29. The van der Waals surface area contributed by atoms with Gasteiger partial charge in [-0.05, 0) is 24.6 Å². The molecule has 2 rings (SSSR count). The number of amides is 1. The van der Waals surface area contributed by atoms with Gasteiger partial charge in [0.1, 0.15) is 5.75 Å². The molecule has 0 aromatic heterocycles. The van der Waals surface area contributed by atoms with Gasteiger partial charge in [0.25, 0.3) is 5.91 Å². The van der Waals surface area contributed by atoms with E-state index in [-0.39, 0.29) is 12.0 Å². The van der Waals surface area contributed by atoms with Crippen LogP contribution >= 0.6 is 11.6 Å². The van der Waals surface area contributed by atoms with Crippen LogP contribution in [0.1, 0.15) is 12.0 Å². The van der Waals surface area contributed by atoms with E-state index in [1.54, 1.807) is 11.9 Å². The third-order valence-corrected chi connectivity index (χ3v) is 3.03. The lowest BCUT2D eigenvalue weighted by Gasteiger charge is -2.14. The molecule has 16 heavy (non-hydrogen) atoms. The van der Waals surface area contributed by atoms with Crippen LogP contribution in [-0.2, 0) is 4.79 Å². The van der Waals surface area contributed by atoms with Gasteiger partial charge >= 0.3 is 0 Å². The van der Waals surface area contributed by atoms with E-state index in [4.69, 9.17) is 16.3 Å². The first-order chi connectivity index (χ1) is 7.58. The molecule has 3 nitrogen and oxygen atoms in total. The average molecular weight is 240 g/mol. The number of carbonyl (C=O) groups is 1. The number of aryl methyl sites for hydroxylation is 1. The van der Waals surface area contributed by atoms with Crippen LogP contribution in [0.25, 0.3) is 0 Å². The first-order valence-electron chi connectivity index (χ1n) is 5.25. The quantitative estimate of drug-likeness (QED) is 0.792. The Balaban J connectivity index is 2.12. The van der Waals surface area contributed by atoms with Gasteiger partial charge in [-0.25, -0.2) is 0 Å². The first-order valence-corrected chi connectivity index (χ1v) is 5.63. The lowest BCUT2D eigenvalue weighted by molar-refractivity contribution is -0.132. The highest BCUT2D eigenvalue weighted by molar-refractivity contribution is 6.32. The second-order valence-corrected chi connectivity index (χ2v) is 4.50. The Bertz CT molecular complexity index is 419. The van der Waals surface area contributed by atoms with E-state index in [2.05, 4.69) is 0 Å². The number of rotatable bonds is 2. The number of hydrogen-bond acceptors (Lipinski definition) is 2. The molecule has 86 valence electrons. The molecule has 1 amide bonds. The highest BCUT2D eigenvalue weighted by Gasteiger charge is 2.31. The summed E-state index contributed by atoms with van der Waals surface area (Å²) in [6.45, 7) is 2.71. The molecule has 1 aromatic carbocycles. The summed E-state index contributed by atoms with van der Waals surface area (Å²) in [5.41, 5.74) is 1.08. The minimum atomic E-state index is -0.384. The zero-order valence-corrected chi connectivity index (χ0v) is 10.1. The van der Waals surface area contributed by atoms with Gasteiger partial charge in [0.2, 0.25) is 0 Å². The average Bonchev–Trinajstić information content (AvgIpc) is 2.54. The van der Waals surface area contributed by atoms with Gasteiger partial charge < -0.3 is 9.64 Å². The maximum Gasteiger partial charge on any atom is 0.263 e. The Morgan fingerprint density at radius 3 is 2.81 bits per heavy atom. The zero-order valence-electron chi connectivity index (χ0n) is 9.37. The standard InChI is InChI=1S/C12H14ClNO2/c1-8-3-4-10(9(13)7-8)16-11-5-6-14(2)12(11)15/h3-4,7,11H,5-6H2,1-2H3. The number of halogens is 1. The fourth-order valence-electron chi connectivity index (χ4n) is 1.75. The summed E-state index contributed by atoms with van der Waals surface area (Å²) in [4.78, 5) is 13.3. The van der Waals surface area contributed by atoms with Gasteiger partial charge in [0.05, 0.1) is 5.02 Å². The summed E-state index contributed by atoms with van der Waals surface area (Å²) in [5.74, 6) is 0.609. The molecule has 1 fully saturated rings. The number of benzene rings is 1. The predicted molar refractivity (Wildman–Crippen MR) is 62.9 cm³/mol. The Hall–Kier alpha value is -1.22. The molecule has 0 bridgehead atoms. The van der Waals surface area contributed by atoms with Crippen LogP contribution in [-0.4, -0.2) is 30.5 Å². The summed E-state index contributed by atoms with van der Waals surface area (Å²) in [6, 6.07) is 5.56. The molecule has 1 saturated heterocycles. The van der Waals surface area contributed by atoms with Crippen molar-refractivity contribution in [3.05, 3.63) is 28.8 Å². The fraction of sp³-hybridized carbons (Fsp3) is 0.417. The van der Waals surface area contributed by atoms with E-state index in [1.165, 1.54) is 0 Å². The van der Waals surface area contributed by atoms with E-state index < -0.39 is 0 Å². The largest absolute Gasteiger partial charge is 0.479 e. The number of carbonyl (C=O) groups excluding carboxylic acids is 1. The van der Waals surface area contributed by atoms with E-state index in [0.29, 0.717) is 10.8 Å². The van der Waals surface area contributed by atoms with Crippen molar-refractivity contribution in [1.29, 1.82) is 0 Å². The van der Waals surface area contributed by atoms with Crippen LogP contribution in [0.15, 0.2) is 18.2 Å². The van der Waals surface area contributed by atoms with Gasteiger partial charge in [-0.3, -0.25) is 4.79 Å². The van der Waals surface area contributed by atoms with Crippen molar-refractivity contribution in [2.24, 2.45) is 0 Å². The van der Waals surface area contributed by atoms with Crippen molar-refractivity contribution >= 4 is 17.5 Å². The Morgan fingerprint density at radius 2 is 2.25 bits per heavy atom. The number of nitrogens with zero attached hydrogens (tertiary/aromatic N) is 1. The number of ether oxygens (including phenoxy) is 1. The topological polar surface area (TPSA) is 29.5 Å². The van der Waals surface area contributed by atoms with Gasteiger partial charge in [-0.2, -0.15) is 0 Å². The van der Waals surface area contributed by atoms with Crippen molar-refractivity contribution in [1.82, 2.24) is 4.90 Å². The summed E-state index contributed by atoms with van der Waals surface area (Å²) in [7, 11) is 1.78. The number of likely N-dealkylation sites (N-methyl/N-ethyl adjacent to an activating group) is 1. The minimum Gasteiger partial charge on any atom is -0.479 e. The molecule has 1 atom stereocenters. The normalized spacial score (nSPS) is 20.3.